The molecule has 13 atom stereocenters. The number of benzene rings is 3. The van der Waals surface area contributed by atoms with E-state index in [-0.39, 0.29) is 126 Å². The van der Waals surface area contributed by atoms with Gasteiger partial charge in [0.1, 0.15) is 23.5 Å². The molecule has 0 radical (unpaired) electrons. The van der Waals surface area contributed by atoms with E-state index < -0.39 is 114 Å². The molecule has 12 rings (SSSR count). The first-order valence-electron chi connectivity index (χ1n) is 32.8. The third-order valence-electron chi connectivity index (χ3n) is 20.8. The molecule has 2 aliphatic carbocycles. The van der Waals surface area contributed by atoms with Crippen molar-refractivity contribution in [2.24, 2.45) is 35.0 Å². The molecule has 20 nitrogen and oxygen atoms in total. The number of aliphatic hydroxyl groups excluding tert-OH is 1. The third kappa shape index (κ3) is 16.9. The van der Waals surface area contributed by atoms with Crippen LogP contribution in [0.15, 0.2) is 36.4 Å². The summed E-state index contributed by atoms with van der Waals surface area (Å²) in [5, 5.41) is 11.5. The zero-order valence-electron chi connectivity index (χ0n) is 52.8. The number of hydrogen-bond donors (Lipinski definition) is 6. The first kappa shape index (κ1) is 72.1. The molecule has 7 saturated heterocycles. The summed E-state index contributed by atoms with van der Waals surface area (Å²) in [6.07, 6.45) is 11.1. The van der Waals surface area contributed by atoms with Gasteiger partial charge < -0.3 is 52.0 Å². The van der Waals surface area contributed by atoms with Gasteiger partial charge in [0.2, 0.25) is 37.8 Å². The fourth-order valence-corrected chi connectivity index (χ4v) is 18.5. The van der Waals surface area contributed by atoms with Gasteiger partial charge in [-0.05, 0) is 175 Å². The van der Waals surface area contributed by atoms with Crippen molar-refractivity contribution in [3.8, 4) is 0 Å². The lowest BCUT2D eigenvalue weighted by Gasteiger charge is -2.42. The minimum Gasteiger partial charge on any atom is -0.394 e. The number of hydrogen-bond acceptors (Lipinski definition) is 13. The highest BCUT2D eigenvalue weighted by Gasteiger charge is 2.50. The van der Waals surface area contributed by atoms with Gasteiger partial charge in [0.05, 0.1) is 43.4 Å². The smallest absolute Gasteiger partial charge is 0.317 e. The highest BCUT2D eigenvalue weighted by molar-refractivity contribution is 7.90. The van der Waals surface area contributed by atoms with Crippen molar-refractivity contribution in [3.63, 3.8) is 0 Å². The monoisotopic (exact) mass is 1390 g/mol. The highest BCUT2D eigenvalue weighted by atomic mass is 32.2. The maximum absolute atomic E-state index is 14.0. The number of carbonyl (C=O) groups is 4. The van der Waals surface area contributed by atoms with Gasteiger partial charge in [-0.25, -0.2) is 65.9 Å². The quantitative estimate of drug-likeness (QED) is 0.0632. The summed E-state index contributed by atoms with van der Waals surface area (Å²) in [6.45, 7) is 1.16. The third-order valence-corrected chi connectivity index (χ3v) is 25.0. The number of fused-ring (bicyclic) bond motifs is 6. The summed E-state index contributed by atoms with van der Waals surface area (Å²) < 4.78 is 180. The number of halogens is 9. The van der Waals surface area contributed by atoms with Crippen molar-refractivity contribution in [1.29, 1.82) is 0 Å². The van der Waals surface area contributed by atoms with E-state index in [0.717, 1.165) is 61.0 Å². The maximum atomic E-state index is 14.0. The zero-order valence-corrected chi connectivity index (χ0v) is 54.4. The van der Waals surface area contributed by atoms with Crippen molar-refractivity contribution < 1.29 is 85.4 Å². The molecule has 9 fully saturated rings. The molecule has 95 heavy (non-hydrogen) atoms. The average molecular weight is 1390 g/mol. The molecule has 3 aromatic carbocycles. The molecule has 9 aliphatic rings. The van der Waals surface area contributed by atoms with Gasteiger partial charge >= 0.3 is 6.03 Å². The normalized spacial score (nSPS) is 26.9. The molecule has 9 N–H and O–H groups in total. The van der Waals surface area contributed by atoms with E-state index in [1.807, 2.05) is 4.90 Å². The number of piperidine rings is 3. The largest absolute Gasteiger partial charge is 0.394 e. The van der Waals surface area contributed by atoms with Crippen molar-refractivity contribution in [2.75, 3.05) is 53.0 Å². The lowest BCUT2D eigenvalue weighted by atomic mass is 9.82. The SMILES string of the molecule is CN(CC(=O)N1[C@@H]2CC[C@H]1CC([C@H](N)Cc1cc(F)c(F)cc1F)C2)S(=O)(=O)C1CC1.N[C@H](Cc1cc(F)c(F)cc1F)C1C[C@H]2CC[C@@H](C1)N2C(=O)CNC(=O)N1CCOCC1.N[C@H](Cc1cc(F)c(F)cc1F)C1C[C@H]2CC[C@@H](C1)N2C(=O)[C@H](CO)NS(=O)(=O)C1CC1. The molecule has 2 saturated carbocycles. The van der Waals surface area contributed by atoms with E-state index in [0.29, 0.717) is 109 Å². The highest BCUT2D eigenvalue weighted by Crippen LogP contribution is 2.44. The minimum absolute atomic E-state index is 0.0112. The Bertz CT molecular complexity index is 3500. The second-order valence-corrected chi connectivity index (χ2v) is 31.5. The van der Waals surface area contributed by atoms with Crippen LogP contribution in [0.5, 0.6) is 0 Å². The standard InChI is InChI=1S/C22H29F3N4O3.C21H28F3N3O4S.C21H28F3N3O3S/c23-17-11-19(25)18(24)9-13(17)10-20(26)14-7-15-1-2-16(8-14)29(15)21(30)12-27-22(31)28-3-5-32-6-4-28;22-16-9-18(24)17(23)7-11(16)8-19(25)12-5-13-1-2-14(6-12)27(13)21(29)20(10-28)26-32(30,31)15-3-4-15;1-26(31(29,30)16-4-5-16)11-21(28)27-14-2-3-15(27)7-13(6-14)20(25)9-12-8-18(23)19(24)10-17(12)22/h9,11,14-16,20H,1-8,10,12,26H2,(H,27,31);7,9,12-15,19-20,26,28H,1-6,8,10,25H2;8,10,13-16,20H,2-7,9,11,25H2,1H3/t14?,15-,16+,20-;12?,13-,14+,19-,20+;13?,14-,15+,20-/m111/s1. The summed E-state index contributed by atoms with van der Waals surface area (Å²) in [4.78, 5) is 58.0. The van der Waals surface area contributed by atoms with Gasteiger partial charge in [0.25, 0.3) is 0 Å². The lowest BCUT2D eigenvalue weighted by molar-refractivity contribution is -0.139. The fraction of sp³-hybridized carbons (Fsp3) is 0.656. The van der Waals surface area contributed by atoms with Crippen LogP contribution in [0.2, 0.25) is 0 Å². The van der Waals surface area contributed by atoms with Crippen LogP contribution in [0.1, 0.15) is 119 Å². The predicted molar refractivity (Wildman–Crippen MR) is 329 cm³/mol. The number of nitrogens with one attached hydrogen (secondary N) is 2. The summed E-state index contributed by atoms with van der Waals surface area (Å²) in [7, 11) is -5.60. The van der Waals surface area contributed by atoms with Gasteiger partial charge in [0, 0.05) is 92.7 Å². The molecule has 7 aliphatic heterocycles. The van der Waals surface area contributed by atoms with Gasteiger partial charge in [-0.15, -0.1) is 0 Å². The van der Waals surface area contributed by atoms with Crippen LogP contribution >= 0.6 is 0 Å². The summed E-state index contributed by atoms with van der Waals surface area (Å²) in [6, 6.07) is 0.955. The van der Waals surface area contributed by atoms with E-state index in [1.165, 1.54) is 7.05 Å². The van der Waals surface area contributed by atoms with Crippen LogP contribution in [0.3, 0.4) is 0 Å². The number of sulfonamides is 2. The molecule has 3 aromatic rings. The molecule has 3 unspecified atom stereocenters. The Hall–Kier alpha value is -5.67. The molecule has 6 bridgehead atoms. The Morgan fingerprint density at radius 2 is 0.874 bits per heavy atom. The second-order valence-electron chi connectivity index (χ2n) is 27.2. The predicted octanol–water partition coefficient (Wildman–Crippen LogP) is 5.14. The Morgan fingerprint density at radius 1 is 0.526 bits per heavy atom. The molecule has 7 heterocycles. The topological polar surface area (TPSA) is 284 Å². The van der Waals surface area contributed by atoms with Crippen LogP contribution in [0.25, 0.3) is 0 Å². The molecule has 526 valence electrons. The van der Waals surface area contributed by atoms with Crippen LogP contribution in [-0.4, -0.2) is 194 Å². The average Bonchev–Trinajstić information content (AvgIpc) is 1.66. The Morgan fingerprint density at radius 3 is 1.23 bits per heavy atom. The molecular weight excluding hydrogens is 1300 g/mol. The van der Waals surface area contributed by atoms with Crippen molar-refractivity contribution in [1.82, 2.24) is 33.9 Å². The number of likely N-dealkylation sites (N-methyl/N-ethyl adjacent to an activating group) is 1. The van der Waals surface area contributed by atoms with E-state index in [1.54, 1.807) is 14.7 Å². The molecule has 0 spiro atoms. The fourth-order valence-electron chi connectivity index (χ4n) is 15.4. The number of carbonyl (C=O) groups excluding carboxylic acids is 4. The molecule has 31 heteroatoms. The van der Waals surface area contributed by atoms with Gasteiger partial charge in [-0.3, -0.25) is 14.4 Å². The van der Waals surface area contributed by atoms with Gasteiger partial charge in [0.15, 0.2) is 34.9 Å². The minimum atomic E-state index is -3.64. The van der Waals surface area contributed by atoms with Gasteiger partial charge in [-0.2, -0.15) is 4.31 Å². The van der Waals surface area contributed by atoms with Crippen molar-refractivity contribution >= 4 is 43.8 Å². The Labute approximate surface area is 547 Å². The number of urea groups is 1. The summed E-state index contributed by atoms with van der Waals surface area (Å²) in [5.41, 5.74) is 19.1. The Kier molecular flexibility index (Phi) is 22.9. The lowest BCUT2D eigenvalue weighted by Crippen LogP contribution is -2.57. The van der Waals surface area contributed by atoms with Crippen LogP contribution < -0.4 is 27.2 Å². The van der Waals surface area contributed by atoms with Crippen LogP contribution in [-0.2, 0) is 58.4 Å². The number of nitrogens with two attached hydrogens (primary N) is 3. The number of ether oxygens (including phenoxy) is 1. The van der Waals surface area contributed by atoms with Crippen molar-refractivity contribution in [2.45, 2.75) is 193 Å². The summed E-state index contributed by atoms with van der Waals surface area (Å²) in [5.74, 6) is -10.2. The van der Waals surface area contributed by atoms with Crippen LogP contribution in [0.4, 0.5) is 44.3 Å². The zero-order chi connectivity index (χ0) is 68.5. The van der Waals surface area contributed by atoms with Gasteiger partial charge in [-0.1, -0.05) is 0 Å². The van der Waals surface area contributed by atoms with E-state index in [2.05, 4.69) is 10.0 Å². The molecule has 0 aromatic heterocycles. The van der Waals surface area contributed by atoms with E-state index in [9.17, 15) is 80.6 Å². The Balaban J connectivity index is 0.000000155. The first-order valence-corrected chi connectivity index (χ1v) is 35.9. The first-order chi connectivity index (χ1) is 45.0. The number of nitrogens with zero attached hydrogens (tertiary/aromatic N) is 5. The van der Waals surface area contributed by atoms with Crippen LogP contribution in [0, 0.1) is 70.1 Å². The maximum Gasteiger partial charge on any atom is 0.317 e. The second kappa shape index (κ2) is 30.2. The van der Waals surface area contributed by atoms with E-state index in [4.69, 9.17) is 21.9 Å². The molecule has 5 amide bonds. The molecular formula is C64H85F9N10O10S2. The number of morpholine rings is 1. The number of rotatable bonds is 20. The number of amides is 5. The van der Waals surface area contributed by atoms with E-state index >= 15 is 0 Å². The summed E-state index contributed by atoms with van der Waals surface area (Å²) >= 11 is 0. The number of aliphatic hydroxyl groups is 1. The van der Waals surface area contributed by atoms with Crippen molar-refractivity contribution in [3.05, 3.63) is 105 Å².